The molecule has 0 aliphatic rings. The highest BCUT2D eigenvalue weighted by atomic mass is 79.9. The van der Waals surface area contributed by atoms with E-state index in [0.29, 0.717) is 54.3 Å². The number of rotatable bonds is 17. The molecular formula is C29H37BrN4O7. The zero-order valence-corrected chi connectivity index (χ0v) is 24.7. The van der Waals surface area contributed by atoms with Crippen LogP contribution in [0.25, 0.3) is 10.9 Å². The van der Waals surface area contributed by atoms with Gasteiger partial charge in [0.1, 0.15) is 11.9 Å². The third-order valence-corrected chi connectivity index (χ3v) is 7.08. The number of amides is 3. The SMILES string of the molecule is C#CCNC(=O)CCCCCNC(=O)OC(CCN(C)C(=O)CCCCC(=O)O)c1ccc2ccc(O)c(Br)c2n1. The molecule has 1 aromatic carbocycles. The number of halogens is 1. The molecule has 0 bridgehead atoms. The lowest BCUT2D eigenvalue weighted by Gasteiger charge is -2.22. The highest BCUT2D eigenvalue weighted by molar-refractivity contribution is 9.10. The summed E-state index contributed by atoms with van der Waals surface area (Å²) in [6.45, 7) is 0.837. The fourth-order valence-electron chi connectivity index (χ4n) is 3.97. The number of ether oxygens (including phenoxy) is 1. The Bertz CT molecular complexity index is 1250. The van der Waals surface area contributed by atoms with E-state index in [1.807, 2.05) is 6.07 Å². The van der Waals surface area contributed by atoms with Gasteiger partial charge >= 0.3 is 12.1 Å². The van der Waals surface area contributed by atoms with E-state index in [4.69, 9.17) is 16.3 Å². The number of aromatic hydroxyl groups is 1. The van der Waals surface area contributed by atoms with Gasteiger partial charge in [-0.25, -0.2) is 9.78 Å². The molecule has 1 aromatic heterocycles. The number of carbonyl (C=O) groups excluding carboxylic acids is 3. The van der Waals surface area contributed by atoms with Crippen LogP contribution in [0.4, 0.5) is 4.79 Å². The first-order valence-corrected chi connectivity index (χ1v) is 14.3. The fraction of sp³-hybridized carbons (Fsp3) is 0.483. The molecule has 222 valence electrons. The molecule has 0 saturated heterocycles. The molecule has 0 fully saturated rings. The first-order chi connectivity index (χ1) is 19.6. The van der Waals surface area contributed by atoms with E-state index >= 15 is 0 Å². The van der Waals surface area contributed by atoms with E-state index in [9.17, 15) is 24.3 Å². The topological polar surface area (TPSA) is 158 Å². The quantitative estimate of drug-likeness (QED) is 0.149. The Morgan fingerprint density at radius 3 is 2.49 bits per heavy atom. The minimum absolute atomic E-state index is 0.0165. The van der Waals surface area contributed by atoms with Crippen molar-refractivity contribution >= 4 is 50.7 Å². The number of carboxylic acid groups (broad SMARTS) is 1. The number of aromatic nitrogens is 1. The van der Waals surface area contributed by atoms with Crippen molar-refractivity contribution in [3.63, 3.8) is 0 Å². The van der Waals surface area contributed by atoms with Crippen molar-refractivity contribution in [2.45, 2.75) is 63.9 Å². The van der Waals surface area contributed by atoms with Gasteiger partial charge in [0, 0.05) is 51.2 Å². The largest absolute Gasteiger partial charge is 0.507 e. The molecule has 1 unspecified atom stereocenters. The Labute approximate surface area is 248 Å². The molecule has 41 heavy (non-hydrogen) atoms. The van der Waals surface area contributed by atoms with Crippen molar-refractivity contribution in [2.75, 3.05) is 26.7 Å². The number of phenols is 1. The van der Waals surface area contributed by atoms with Crippen LogP contribution in [0.3, 0.4) is 0 Å². The fourth-order valence-corrected chi connectivity index (χ4v) is 4.42. The number of nitrogens with one attached hydrogen (secondary N) is 2. The number of nitrogens with zero attached hydrogens (tertiary/aromatic N) is 2. The summed E-state index contributed by atoms with van der Waals surface area (Å²) in [5.74, 6) is 1.24. The number of aliphatic carboxylic acids is 1. The second kappa shape index (κ2) is 17.8. The van der Waals surface area contributed by atoms with Crippen molar-refractivity contribution < 1.29 is 34.1 Å². The maximum Gasteiger partial charge on any atom is 0.407 e. The van der Waals surface area contributed by atoms with Crippen molar-refractivity contribution in [1.29, 1.82) is 0 Å². The first kappa shape index (κ1) is 33.4. The lowest BCUT2D eigenvalue weighted by Crippen LogP contribution is -2.31. The monoisotopic (exact) mass is 632 g/mol. The molecule has 1 heterocycles. The van der Waals surface area contributed by atoms with E-state index in [2.05, 4.69) is 37.5 Å². The van der Waals surface area contributed by atoms with Crippen LogP contribution in [0.2, 0.25) is 0 Å². The second-order valence-corrected chi connectivity index (χ2v) is 10.3. The number of unbranched alkanes of at least 4 members (excludes halogenated alkanes) is 3. The highest BCUT2D eigenvalue weighted by Gasteiger charge is 2.21. The molecule has 3 amide bonds. The highest BCUT2D eigenvalue weighted by Crippen LogP contribution is 2.32. The van der Waals surface area contributed by atoms with Crippen LogP contribution in [0.5, 0.6) is 5.75 Å². The average Bonchev–Trinajstić information content (AvgIpc) is 2.95. The Balaban J connectivity index is 1.98. The number of benzene rings is 1. The molecule has 2 aromatic rings. The van der Waals surface area contributed by atoms with Crippen LogP contribution in [0.1, 0.15) is 69.6 Å². The van der Waals surface area contributed by atoms with Gasteiger partial charge in [0.15, 0.2) is 0 Å². The van der Waals surface area contributed by atoms with E-state index in [-0.39, 0.29) is 49.9 Å². The van der Waals surface area contributed by atoms with Gasteiger partial charge in [0.2, 0.25) is 11.8 Å². The Morgan fingerprint density at radius 1 is 1.05 bits per heavy atom. The summed E-state index contributed by atoms with van der Waals surface area (Å²) in [5, 5.41) is 25.0. The molecule has 0 aliphatic heterocycles. The van der Waals surface area contributed by atoms with Gasteiger partial charge in [0.05, 0.1) is 22.2 Å². The minimum atomic E-state index is -0.893. The van der Waals surface area contributed by atoms with Crippen molar-refractivity contribution in [3.8, 4) is 18.1 Å². The number of hydrogen-bond acceptors (Lipinski definition) is 7. The number of carbonyl (C=O) groups is 4. The summed E-state index contributed by atoms with van der Waals surface area (Å²) < 4.78 is 6.14. The van der Waals surface area contributed by atoms with E-state index in [0.717, 1.165) is 11.8 Å². The smallest absolute Gasteiger partial charge is 0.407 e. The molecule has 0 aliphatic carbocycles. The van der Waals surface area contributed by atoms with E-state index < -0.39 is 18.2 Å². The van der Waals surface area contributed by atoms with Crippen LogP contribution in [-0.2, 0) is 19.1 Å². The van der Waals surface area contributed by atoms with Gasteiger partial charge in [-0.1, -0.05) is 18.4 Å². The third kappa shape index (κ3) is 12.0. The Kier molecular flexibility index (Phi) is 14.4. The molecule has 0 spiro atoms. The van der Waals surface area contributed by atoms with Gasteiger partial charge in [0.25, 0.3) is 0 Å². The predicted octanol–water partition coefficient (Wildman–Crippen LogP) is 4.27. The zero-order chi connectivity index (χ0) is 30.2. The number of hydrogen-bond donors (Lipinski definition) is 4. The first-order valence-electron chi connectivity index (χ1n) is 13.5. The molecule has 0 radical (unpaired) electrons. The van der Waals surface area contributed by atoms with Crippen molar-refractivity contribution in [3.05, 3.63) is 34.4 Å². The van der Waals surface area contributed by atoms with Crippen LogP contribution < -0.4 is 10.6 Å². The maximum absolute atomic E-state index is 12.7. The molecule has 2 rings (SSSR count). The third-order valence-electron chi connectivity index (χ3n) is 6.30. The van der Waals surface area contributed by atoms with Gasteiger partial charge in [-0.3, -0.25) is 14.4 Å². The van der Waals surface area contributed by atoms with Crippen molar-refractivity contribution in [2.24, 2.45) is 0 Å². The standard InChI is InChI=1S/C29H37BrN4O7/c1-3-17-31-24(36)9-5-4-8-18-32-29(40)41-23(16-19-34(2)25(37)10-6-7-11-26(38)39)21-14-12-20-13-15-22(35)27(30)28(20)33-21/h1,12-15,23,35H,4-11,16-19H2,2H3,(H,31,36)(H,32,40)(H,38,39). The van der Waals surface area contributed by atoms with Gasteiger partial charge in [-0.15, -0.1) is 6.42 Å². The lowest BCUT2D eigenvalue weighted by molar-refractivity contribution is -0.137. The number of terminal acetylenes is 1. The second-order valence-electron chi connectivity index (χ2n) is 9.52. The number of carboxylic acids is 1. The summed E-state index contributed by atoms with van der Waals surface area (Å²) in [4.78, 5) is 53.6. The number of fused-ring (bicyclic) bond motifs is 1. The lowest BCUT2D eigenvalue weighted by atomic mass is 10.1. The van der Waals surface area contributed by atoms with E-state index in [1.165, 1.54) is 4.90 Å². The average molecular weight is 634 g/mol. The molecular weight excluding hydrogens is 596 g/mol. The summed E-state index contributed by atoms with van der Waals surface area (Å²) in [5.41, 5.74) is 0.963. The maximum atomic E-state index is 12.7. The molecule has 1 atom stereocenters. The predicted molar refractivity (Wildman–Crippen MR) is 157 cm³/mol. The summed E-state index contributed by atoms with van der Waals surface area (Å²) >= 11 is 3.36. The Hall–Kier alpha value is -3.85. The van der Waals surface area contributed by atoms with Crippen molar-refractivity contribution in [1.82, 2.24) is 20.5 Å². The number of pyridine rings is 1. The molecule has 4 N–H and O–H groups in total. The van der Waals surface area contributed by atoms with Crippen LogP contribution in [0.15, 0.2) is 28.7 Å². The molecule has 11 nitrogen and oxygen atoms in total. The van der Waals surface area contributed by atoms with Gasteiger partial charge < -0.3 is 30.5 Å². The Morgan fingerprint density at radius 2 is 1.76 bits per heavy atom. The van der Waals surface area contributed by atoms with Gasteiger partial charge in [-0.05, 0) is 59.8 Å². The van der Waals surface area contributed by atoms with E-state index in [1.54, 1.807) is 25.2 Å². The number of alkyl carbamates (subject to hydrolysis) is 1. The van der Waals surface area contributed by atoms with Crippen LogP contribution in [0, 0.1) is 12.3 Å². The minimum Gasteiger partial charge on any atom is -0.507 e. The zero-order valence-electron chi connectivity index (χ0n) is 23.2. The number of phenolic OH excluding ortho intramolecular Hbond substituents is 1. The molecule has 12 heteroatoms. The summed E-state index contributed by atoms with van der Waals surface area (Å²) in [6.07, 6.45) is 7.51. The molecule has 0 saturated carbocycles. The van der Waals surface area contributed by atoms with Crippen LogP contribution >= 0.6 is 15.9 Å². The normalized spacial score (nSPS) is 11.3. The summed E-state index contributed by atoms with van der Waals surface area (Å²) in [7, 11) is 1.64. The van der Waals surface area contributed by atoms with Gasteiger partial charge in [-0.2, -0.15) is 0 Å². The summed E-state index contributed by atoms with van der Waals surface area (Å²) in [6, 6.07) is 6.83. The van der Waals surface area contributed by atoms with Crippen LogP contribution in [-0.4, -0.2) is 70.7 Å².